The minimum absolute atomic E-state index is 0.401. The fourth-order valence-electron chi connectivity index (χ4n) is 3.34. The molecule has 1 heteroatoms. The number of nitrogens with two attached hydrogens (primary N) is 1. The van der Waals surface area contributed by atoms with E-state index in [9.17, 15) is 0 Å². The Balaban J connectivity index is 0. The van der Waals surface area contributed by atoms with Crippen molar-refractivity contribution in [2.24, 2.45) is 5.73 Å². The fraction of sp³-hybridized carbons (Fsp3) is 1.00. The molecule has 0 fully saturated rings. The van der Waals surface area contributed by atoms with E-state index in [1.165, 1.54) is 128 Å². The lowest BCUT2D eigenvalue weighted by atomic mass is 10.0. The van der Waals surface area contributed by atoms with Crippen molar-refractivity contribution in [1.29, 1.82) is 0 Å². The highest BCUT2D eigenvalue weighted by Crippen LogP contribution is 2.12. The summed E-state index contributed by atoms with van der Waals surface area (Å²) in [6.07, 6.45) is 28.3. The normalized spacial score (nSPS) is 11.9. The van der Waals surface area contributed by atoms with Gasteiger partial charge in [0, 0.05) is 6.04 Å². The Morgan fingerprint density at radius 1 is 0.423 bits per heavy atom. The lowest BCUT2D eigenvalue weighted by Gasteiger charge is -2.04. The van der Waals surface area contributed by atoms with Crippen LogP contribution in [0, 0.1) is 0 Å². The Morgan fingerprint density at radius 3 is 0.885 bits per heavy atom. The van der Waals surface area contributed by atoms with Crippen molar-refractivity contribution in [2.45, 2.75) is 162 Å². The van der Waals surface area contributed by atoms with E-state index in [0.29, 0.717) is 6.04 Å². The van der Waals surface area contributed by atoms with Gasteiger partial charge in [-0.1, -0.05) is 143 Å². The molecule has 1 atom stereocenters. The predicted octanol–water partition coefficient (Wildman–Crippen LogP) is 9.18. The summed E-state index contributed by atoms with van der Waals surface area (Å²) in [6.45, 7) is 8.93. The Hall–Kier alpha value is -0.0400. The van der Waals surface area contributed by atoms with Gasteiger partial charge in [-0.05, 0) is 13.3 Å². The summed E-state index contributed by atoms with van der Waals surface area (Å²) in [4.78, 5) is 0. The van der Waals surface area contributed by atoms with E-state index in [1.807, 2.05) is 0 Å². The molecular formula is C25H55N. The quantitative estimate of drug-likeness (QED) is 0.226. The SMILES string of the molecule is CCCCCCCCCC.CCCCCCCCCCCCCC(C)N. The molecule has 0 aliphatic heterocycles. The van der Waals surface area contributed by atoms with Crippen molar-refractivity contribution in [2.75, 3.05) is 0 Å². The van der Waals surface area contributed by atoms with Gasteiger partial charge in [-0.15, -0.1) is 0 Å². The third-order valence-electron chi connectivity index (χ3n) is 5.22. The van der Waals surface area contributed by atoms with Crippen molar-refractivity contribution in [3.05, 3.63) is 0 Å². The molecule has 0 saturated carbocycles. The first-order valence-electron chi connectivity index (χ1n) is 12.4. The van der Waals surface area contributed by atoms with Crippen LogP contribution in [0.15, 0.2) is 0 Å². The third kappa shape index (κ3) is 31.7. The van der Waals surface area contributed by atoms with Gasteiger partial charge >= 0.3 is 0 Å². The second-order valence-corrected chi connectivity index (χ2v) is 8.42. The molecule has 0 aromatic rings. The lowest BCUT2D eigenvalue weighted by Crippen LogP contribution is -2.13. The van der Waals surface area contributed by atoms with E-state index in [4.69, 9.17) is 5.73 Å². The first-order valence-corrected chi connectivity index (χ1v) is 12.4. The van der Waals surface area contributed by atoms with Crippen molar-refractivity contribution in [3.63, 3.8) is 0 Å². The minimum atomic E-state index is 0.401. The Labute approximate surface area is 168 Å². The summed E-state index contributed by atoms with van der Waals surface area (Å²) in [5.74, 6) is 0. The Morgan fingerprint density at radius 2 is 0.654 bits per heavy atom. The Bertz CT molecular complexity index is 204. The largest absolute Gasteiger partial charge is 0.328 e. The molecule has 0 aromatic heterocycles. The first kappa shape index (κ1) is 28.2. The average Bonchev–Trinajstić information content (AvgIpc) is 2.63. The van der Waals surface area contributed by atoms with Crippen LogP contribution in [0.1, 0.15) is 156 Å². The van der Waals surface area contributed by atoms with Gasteiger partial charge in [0.05, 0.1) is 0 Å². The zero-order valence-electron chi connectivity index (χ0n) is 19.3. The predicted molar refractivity (Wildman–Crippen MR) is 123 cm³/mol. The van der Waals surface area contributed by atoms with Gasteiger partial charge in [-0.3, -0.25) is 0 Å². The topological polar surface area (TPSA) is 26.0 Å². The number of unbranched alkanes of at least 4 members (excludes halogenated alkanes) is 17. The number of rotatable bonds is 19. The molecule has 0 rings (SSSR count). The molecule has 0 aliphatic rings. The van der Waals surface area contributed by atoms with Crippen LogP contribution in [-0.2, 0) is 0 Å². The number of hydrogen-bond acceptors (Lipinski definition) is 1. The molecule has 26 heavy (non-hydrogen) atoms. The standard InChI is InChI=1S/C15H33N.C10H22/c1-3-4-5-6-7-8-9-10-11-12-13-14-15(2)16;1-3-5-7-9-10-8-6-4-2/h15H,3-14,16H2,1-2H3;3-10H2,1-2H3. The van der Waals surface area contributed by atoms with E-state index >= 15 is 0 Å². The van der Waals surface area contributed by atoms with E-state index < -0.39 is 0 Å². The first-order chi connectivity index (χ1) is 12.7. The highest BCUT2D eigenvalue weighted by molar-refractivity contribution is 4.53. The maximum Gasteiger partial charge on any atom is 0.00104 e. The minimum Gasteiger partial charge on any atom is -0.328 e. The zero-order chi connectivity index (χ0) is 19.7. The molecular weight excluding hydrogens is 314 g/mol. The summed E-state index contributed by atoms with van der Waals surface area (Å²) in [7, 11) is 0. The highest BCUT2D eigenvalue weighted by Gasteiger charge is 1.95. The van der Waals surface area contributed by atoms with Crippen LogP contribution >= 0.6 is 0 Å². The Kier molecular flexibility index (Phi) is 29.5. The van der Waals surface area contributed by atoms with Crippen LogP contribution in [0.5, 0.6) is 0 Å². The molecule has 0 spiro atoms. The molecule has 0 heterocycles. The van der Waals surface area contributed by atoms with Crippen LogP contribution in [0.3, 0.4) is 0 Å². The summed E-state index contributed by atoms with van der Waals surface area (Å²) < 4.78 is 0. The lowest BCUT2D eigenvalue weighted by molar-refractivity contribution is 0.530. The number of hydrogen-bond donors (Lipinski definition) is 1. The maximum atomic E-state index is 5.71. The third-order valence-corrected chi connectivity index (χ3v) is 5.22. The van der Waals surface area contributed by atoms with Crippen LogP contribution in [0.25, 0.3) is 0 Å². The molecule has 2 N–H and O–H groups in total. The van der Waals surface area contributed by atoms with Crippen molar-refractivity contribution in [1.82, 2.24) is 0 Å². The maximum absolute atomic E-state index is 5.71. The highest BCUT2D eigenvalue weighted by atomic mass is 14.6. The van der Waals surface area contributed by atoms with E-state index in [-0.39, 0.29) is 0 Å². The van der Waals surface area contributed by atoms with Crippen molar-refractivity contribution in [3.8, 4) is 0 Å². The van der Waals surface area contributed by atoms with Crippen LogP contribution in [0.2, 0.25) is 0 Å². The van der Waals surface area contributed by atoms with E-state index in [1.54, 1.807) is 0 Å². The monoisotopic (exact) mass is 369 g/mol. The van der Waals surface area contributed by atoms with Gasteiger partial charge in [0.15, 0.2) is 0 Å². The molecule has 1 nitrogen and oxygen atoms in total. The average molecular weight is 370 g/mol. The van der Waals surface area contributed by atoms with Crippen molar-refractivity contribution >= 4 is 0 Å². The second-order valence-electron chi connectivity index (χ2n) is 8.42. The summed E-state index contributed by atoms with van der Waals surface area (Å²) in [6, 6.07) is 0.401. The van der Waals surface area contributed by atoms with Crippen molar-refractivity contribution < 1.29 is 0 Å². The molecule has 160 valence electrons. The molecule has 0 saturated heterocycles. The van der Waals surface area contributed by atoms with Gasteiger partial charge in [0.1, 0.15) is 0 Å². The molecule has 0 radical (unpaired) electrons. The van der Waals surface area contributed by atoms with Gasteiger partial charge in [-0.25, -0.2) is 0 Å². The molecule has 0 bridgehead atoms. The smallest absolute Gasteiger partial charge is 0.00104 e. The van der Waals surface area contributed by atoms with Crippen LogP contribution < -0.4 is 5.73 Å². The second kappa shape index (κ2) is 27.2. The summed E-state index contributed by atoms with van der Waals surface area (Å²) in [5.41, 5.74) is 5.71. The molecule has 0 amide bonds. The van der Waals surface area contributed by atoms with E-state index in [2.05, 4.69) is 27.7 Å². The van der Waals surface area contributed by atoms with E-state index in [0.717, 1.165) is 0 Å². The fourth-order valence-corrected chi connectivity index (χ4v) is 3.34. The van der Waals surface area contributed by atoms with Gasteiger partial charge in [-0.2, -0.15) is 0 Å². The molecule has 0 aliphatic carbocycles. The summed E-state index contributed by atoms with van der Waals surface area (Å²) in [5, 5.41) is 0. The zero-order valence-corrected chi connectivity index (χ0v) is 19.3. The summed E-state index contributed by atoms with van der Waals surface area (Å²) >= 11 is 0. The van der Waals surface area contributed by atoms with Crippen LogP contribution in [0.4, 0.5) is 0 Å². The van der Waals surface area contributed by atoms with Gasteiger partial charge in [0.25, 0.3) is 0 Å². The molecule has 0 aromatic carbocycles. The molecule has 1 unspecified atom stereocenters. The van der Waals surface area contributed by atoms with Gasteiger partial charge in [0.2, 0.25) is 0 Å². The van der Waals surface area contributed by atoms with Crippen LogP contribution in [-0.4, -0.2) is 6.04 Å². The van der Waals surface area contributed by atoms with Gasteiger partial charge < -0.3 is 5.73 Å².